The van der Waals surface area contributed by atoms with Gasteiger partial charge in [0.1, 0.15) is 0 Å². The maximum atomic E-state index is 11.9. The molecule has 1 aliphatic carbocycles. The van der Waals surface area contributed by atoms with Gasteiger partial charge in [-0.3, -0.25) is 4.79 Å². The van der Waals surface area contributed by atoms with Gasteiger partial charge in [0.2, 0.25) is 0 Å². The van der Waals surface area contributed by atoms with Gasteiger partial charge in [-0.05, 0) is 43.4 Å². The summed E-state index contributed by atoms with van der Waals surface area (Å²) in [4.78, 5) is 11.9. The highest BCUT2D eigenvalue weighted by Crippen LogP contribution is 2.33. The van der Waals surface area contributed by atoms with Crippen LogP contribution in [0.4, 0.5) is 0 Å². The Kier molecular flexibility index (Phi) is 4.21. The topological polar surface area (TPSA) is 29.1 Å². The maximum Gasteiger partial charge on any atom is 0.251 e. The lowest BCUT2D eigenvalue weighted by molar-refractivity contribution is 0.0952. The van der Waals surface area contributed by atoms with E-state index < -0.39 is 0 Å². The van der Waals surface area contributed by atoms with Crippen LogP contribution in [0.3, 0.4) is 0 Å². The third-order valence-electron chi connectivity index (χ3n) is 3.22. The number of rotatable bonds is 5. The summed E-state index contributed by atoms with van der Waals surface area (Å²) in [6.45, 7) is 2.76. The lowest BCUT2D eigenvalue weighted by Gasteiger charge is -2.08. The van der Waals surface area contributed by atoms with Crippen molar-refractivity contribution in [3.05, 3.63) is 33.8 Å². The summed E-state index contributed by atoms with van der Waals surface area (Å²) in [6.07, 6.45) is 5.14. The van der Waals surface area contributed by atoms with Gasteiger partial charge >= 0.3 is 0 Å². The van der Waals surface area contributed by atoms with Crippen molar-refractivity contribution >= 4 is 21.8 Å². The fraction of sp³-hybridized carbons (Fsp3) is 0.500. The van der Waals surface area contributed by atoms with Crippen LogP contribution >= 0.6 is 15.9 Å². The minimum atomic E-state index is 0.0413. The Morgan fingerprint density at radius 1 is 1.47 bits per heavy atom. The average molecular weight is 296 g/mol. The van der Waals surface area contributed by atoms with Crippen LogP contribution in [0.1, 0.15) is 41.6 Å². The van der Waals surface area contributed by atoms with Gasteiger partial charge < -0.3 is 5.32 Å². The molecule has 1 amide bonds. The fourth-order valence-corrected chi connectivity index (χ4v) is 2.29. The molecule has 0 bridgehead atoms. The van der Waals surface area contributed by atoms with Crippen molar-refractivity contribution in [2.45, 2.75) is 32.6 Å². The molecular weight excluding hydrogens is 278 g/mol. The molecule has 0 aliphatic heterocycles. The van der Waals surface area contributed by atoms with Gasteiger partial charge in [0.25, 0.3) is 5.91 Å². The van der Waals surface area contributed by atoms with E-state index in [9.17, 15) is 4.79 Å². The molecule has 0 spiro atoms. The Morgan fingerprint density at radius 2 is 2.24 bits per heavy atom. The van der Waals surface area contributed by atoms with Crippen molar-refractivity contribution in [3.8, 4) is 0 Å². The highest BCUT2D eigenvalue weighted by molar-refractivity contribution is 9.10. The standard InChI is InChI=1S/C14H18BrNO/c1-10-4-7-12(15)9-13(10)14(17)16-8-2-3-11-5-6-11/h4,7,9,11H,2-3,5-6,8H2,1H3,(H,16,17). The number of carbonyl (C=O) groups is 1. The third-order valence-corrected chi connectivity index (χ3v) is 3.71. The Bertz CT molecular complexity index is 413. The first-order valence-electron chi connectivity index (χ1n) is 6.21. The predicted molar refractivity (Wildman–Crippen MR) is 73.2 cm³/mol. The van der Waals surface area contributed by atoms with E-state index in [1.54, 1.807) is 0 Å². The lowest BCUT2D eigenvalue weighted by atomic mass is 10.1. The molecule has 1 fully saturated rings. The van der Waals surface area contributed by atoms with E-state index in [1.165, 1.54) is 19.3 Å². The zero-order valence-electron chi connectivity index (χ0n) is 10.1. The van der Waals surface area contributed by atoms with E-state index in [4.69, 9.17) is 0 Å². The molecule has 1 aliphatic rings. The second-order valence-corrected chi connectivity index (χ2v) is 5.72. The summed E-state index contributed by atoms with van der Waals surface area (Å²) in [5.41, 5.74) is 1.79. The molecule has 3 heteroatoms. The number of nitrogens with one attached hydrogen (secondary N) is 1. The van der Waals surface area contributed by atoms with Gasteiger partial charge in [0.15, 0.2) is 0 Å². The summed E-state index contributed by atoms with van der Waals surface area (Å²) in [5.74, 6) is 0.985. The van der Waals surface area contributed by atoms with E-state index >= 15 is 0 Å². The maximum absolute atomic E-state index is 11.9. The molecule has 2 rings (SSSR count). The minimum Gasteiger partial charge on any atom is -0.352 e. The minimum absolute atomic E-state index is 0.0413. The van der Waals surface area contributed by atoms with Crippen LogP contribution in [0.25, 0.3) is 0 Å². The first-order chi connectivity index (χ1) is 8.16. The molecule has 0 radical (unpaired) electrons. The van der Waals surface area contributed by atoms with Crippen LogP contribution < -0.4 is 5.32 Å². The normalized spacial score (nSPS) is 14.7. The summed E-state index contributed by atoms with van der Waals surface area (Å²) >= 11 is 3.39. The number of benzene rings is 1. The molecular formula is C14H18BrNO. The monoisotopic (exact) mass is 295 g/mol. The van der Waals surface area contributed by atoms with Gasteiger partial charge in [-0.15, -0.1) is 0 Å². The summed E-state index contributed by atoms with van der Waals surface area (Å²) in [5, 5.41) is 2.99. The molecule has 0 heterocycles. The van der Waals surface area contributed by atoms with Gasteiger partial charge in [-0.2, -0.15) is 0 Å². The Labute approximate surface area is 111 Å². The van der Waals surface area contributed by atoms with Gasteiger partial charge in [-0.25, -0.2) is 0 Å². The second kappa shape index (κ2) is 5.67. The molecule has 1 N–H and O–H groups in total. The number of aryl methyl sites for hydroxylation is 1. The molecule has 17 heavy (non-hydrogen) atoms. The predicted octanol–water partition coefficient (Wildman–Crippen LogP) is 3.68. The van der Waals surface area contributed by atoms with E-state index in [0.29, 0.717) is 0 Å². The van der Waals surface area contributed by atoms with E-state index in [0.717, 1.165) is 34.5 Å². The number of carbonyl (C=O) groups excluding carboxylic acids is 1. The van der Waals surface area contributed by atoms with Crippen LogP contribution in [0, 0.1) is 12.8 Å². The zero-order chi connectivity index (χ0) is 12.3. The fourth-order valence-electron chi connectivity index (χ4n) is 1.93. The number of halogens is 1. The molecule has 1 aromatic rings. The number of hydrogen-bond donors (Lipinski definition) is 1. The van der Waals surface area contributed by atoms with Crippen molar-refractivity contribution in [3.63, 3.8) is 0 Å². The quantitative estimate of drug-likeness (QED) is 0.825. The van der Waals surface area contributed by atoms with Crippen molar-refractivity contribution in [2.75, 3.05) is 6.54 Å². The van der Waals surface area contributed by atoms with Gasteiger partial charge in [-0.1, -0.05) is 34.8 Å². The number of hydrogen-bond acceptors (Lipinski definition) is 1. The molecule has 0 saturated heterocycles. The smallest absolute Gasteiger partial charge is 0.251 e. The first kappa shape index (κ1) is 12.6. The SMILES string of the molecule is Cc1ccc(Br)cc1C(=O)NCCCC1CC1. The lowest BCUT2D eigenvalue weighted by Crippen LogP contribution is -2.25. The highest BCUT2D eigenvalue weighted by atomic mass is 79.9. The molecule has 0 atom stereocenters. The van der Waals surface area contributed by atoms with Crippen molar-refractivity contribution in [1.29, 1.82) is 0 Å². The first-order valence-corrected chi connectivity index (χ1v) is 7.00. The Balaban J connectivity index is 1.82. The van der Waals surface area contributed by atoms with Crippen molar-refractivity contribution in [2.24, 2.45) is 5.92 Å². The average Bonchev–Trinajstić information content (AvgIpc) is 3.11. The van der Waals surface area contributed by atoms with E-state index in [1.807, 2.05) is 25.1 Å². The summed E-state index contributed by atoms with van der Waals surface area (Å²) in [7, 11) is 0. The number of amides is 1. The second-order valence-electron chi connectivity index (χ2n) is 4.80. The Hall–Kier alpha value is -0.830. The summed E-state index contributed by atoms with van der Waals surface area (Å²) < 4.78 is 0.950. The zero-order valence-corrected chi connectivity index (χ0v) is 11.7. The Morgan fingerprint density at radius 3 is 2.94 bits per heavy atom. The van der Waals surface area contributed by atoms with E-state index in [-0.39, 0.29) is 5.91 Å². The van der Waals surface area contributed by atoms with Crippen molar-refractivity contribution in [1.82, 2.24) is 5.32 Å². The van der Waals surface area contributed by atoms with Crippen LogP contribution in [-0.2, 0) is 0 Å². The molecule has 0 aromatic heterocycles. The molecule has 1 saturated carbocycles. The van der Waals surface area contributed by atoms with Crippen LogP contribution in [0.15, 0.2) is 22.7 Å². The molecule has 92 valence electrons. The third kappa shape index (κ3) is 3.84. The largest absolute Gasteiger partial charge is 0.352 e. The van der Waals surface area contributed by atoms with Gasteiger partial charge in [0.05, 0.1) is 0 Å². The highest BCUT2D eigenvalue weighted by Gasteiger charge is 2.20. The summed E-state index contributed by atoms with van der Waals surface area (Å²) in [6, 6.07) is 5.80. The van der Waals surface area contributed by atoms with Crippen LogP contribution in [0.5, 0.6) is 0 Å². The van der Waals surface area contributed by atoms with Crippen LogP contribution in [0.2, 0.25) is 0 Å². The molecule has 1 aromatic carbocycles. The molecule has 2 nitrogen and oxygen atoms in total. The molecule has 0 unspecified atom stereocenters. The van der Waals surface area contributed by atoms with Crippen LogP contribution in [-0.4, -0.2) is 12.5 Å². The van der Waals surface area contributed by atoms with Gasteiger partial charge in [0, 0.05) is 16.6 Å². The van der Waals surface area contributed by atoms with Crippen molar-refractivity contribution < 1.29 is 4.79 Å². The van der Waals surface area contributed by atoms with E-state index in [2.05, 4.69) is 21.2 Å².